The normalized spacial score (nSPS) is 20.1. The number of fused-ring (bicyclic) bond motifs is 1. The van der Waals surface area contributed by atoms with Crippen molar-refractivity contribution in [1.82, 2.24) is 14.2 Å². The molecule has 3 heterocycles. The van der Waals surface area contributed by atoms with Crippen molar-refractivity contribution >= 4 is 42.6 Å². The number of benzene rings is 2. The Hall–Kier alpha value is -2.49. The van der Waals surface area contributed by atoms with Crippen molar-refractivity contribution in [3.63, 3.8) is 0 Å². The number of amides is 1. The molecule has 0 saturated carbocycles. The zero-order chi connectivity index (χ0) is 23.9. The van der Waals surface area contributed by atoms with E-state index in [0.29, 0.717) is 26.1 Å². The first-order valence-corrected chi connectivity index (χ1v) is 14.1. The Labute approximate surface area is 205 Å². The largest absolute Gasteiger partial charge is 0.345 e. The smallest absolute Gasteiger partial charge is 0.243 e. The van der Waals surface area contributed by atoms with Gasteiger partial charge >= 0.3 is 0 Å². The number of carbonyl (C=O) groups excluding carboxylic acids is 1. The minimum absolute atomic E-state index is 0.0726. The van der Waals surface area contributed by atoms with Crippen LogP contribution in [0.4, 0.5) is 5.13 Å². The van der Waals surface area contributed by atoms with Crippen LogP contribution in [0.3, 0.4) is 0 Å². The maximum absolute atomic E-state index is 13.3. The molecule has 0 spiro atoms. The van der Waals surface area contributed by atoms with Crippen LogP contribution in [0.1, 0.15) is 24.0 Å². The second-order valence-electron chi connectivity index (χ2n) is 9.18. The summed E-state index contributed by atoms with van der Waals surface area (Å²) in [6.07, 6.45) is 1.43. The first-order valence-electron chi connectivity index (χ1n) is 11.8. The highest BCUT2D eigenvalue weighted by atomic mass is 32.2. The molecule has 1 aromatic heterocycles. The molecule has 7 nitrogen and oxygen atoms in total. The van der Waals surface area contributed by atoms with Crippen LogP contribution in [0.15, 0.2) is 47.4 Å². The Morgan fingerprint density at radius 3 is 2.47 bits per heavy atom. The summed E-state index contributed by atoms with van der Waals surface area (Å²) in [5.41, 5.74) is 3.54. The zero-order valence-corrected chi connectivity index (χ0v) is 21.2. The first kappa shape index (κ1) is 23.3. The molecule has 2 aromatic carbocycles. The second kappa shape index (κ2) is 9.28. The van der Waals surface area contributed by atoms with Crippen molar-refractivity contribution in [2.24, 2.45) is 5.92 Å². The molecular formula is C25H30N4O3S2. The lowest BCUT2D eigenvalue weighted by Gasteiger charge is -2.38. The van der Waals surface area contributed by atoms with Gasteiger partial charge in [-0.3, -0.25) is 4.79 Å². The van der Waals surface area contributed by atoms with Crippen LogP contribution in [0.5, 0.6) is 0 Å². The van der Waals surface area contributed by atoms with E-state index < -0.39 is 10.0 Å². The van der Waals surface area contributed by atoms with Crippen LogP contribution < -0.4 is 4.90 Å². The fourth-order valence-corrected chi connectivity index (χ4v) is 7.45. The second-order valence-corrected chi connectivity index (χ2v) is 12.1. The van der Waals surface area contributed by atoms with E-state index in [9.17, 15) is 13.2 Å². The highest BCUT2D eigenvalue weighted by Gasteiger charge is 2.36. The molecule has 0 radical (unpaired) electrons. The number of hydrogen-bond acceptors (Lipinski definition) is 6. The Balaban J connectivity index is 1.23. The predicted molar refractivity (Wildman–Crippen MR) is 136 cm³/mol. The van der Waals surface area contributed by atoms with Gasteiger partial charge in [-0.2, -0.15) is 4.31 Å². The molecule has 180 valence electrons. The standard InChI is InChI=1S/C25H30N4O3S2/c1-18-10-11-22-23(19(18)2)26-25(33-22)28-15-13-27(14-16-28)24(30)20-7-6-12-29(17-20)34(31,32)21-8-4-3-5-9-21/h3-5,8-11,20H,6-7,12-17H2,1-2H3. The minimum Gasteiger partial charge on any atom is -0.345 e. The summed E-state index contributed by atoms with van der Waals surface area (Å²) >= 11 is 1.70. The third kappa shape index (κ3) is 4.32. The van der Waals surface area contributed by atoms with Gasteiger partial charge in [0.15, 0.2) is 5.13 Å². The molecule has 0 bridgehead atoms. The van der Waals surface area contributed by atoms with Crippen LogP contribution in [-0.4, -0.2) is 67.8 Å². The van der Waals surface area contributed by atoms with E-state index in [4.69, 9.17) is 4.98 Å². The number of piperazine rings is 1. The lowest BCUT2D eigenvalue weighted by atomic mass is 9.98. The SMILES string of the molecule is Cc1ccc2sc(N3CCN(C(=O)C4CCCN(S(=O)(=O)c5ccccc5)C4)CC3)nc2c1C. The summed E-state index contributed by atoms with van der Waals surface area (Å²) in [5.74, 6) is -0.213. The Bertz CT molecular complexity index is 1300. The minimum atomic E-state index is -3.58. The predicted octanol–water partition coefficient (Wildman–Crippen LogP) is 3.66. The molecule has 0 aliphatic carbocycles. The summed E-state index contributed by atoms with van der Waals surface area (Å²) in [4.78, 5) is 22.6. The van der Waals surface area contributed by atoms with E-state index in [1.807, 2.05) is 4.90 Å². The number of nitrogens with zero attached hydrogens (tertiary/aromatic N) is 4. The van der Waals surface area contributed by atoms with Crippen LogP contribution in [0.25, 0.3) is 10.2 Å². The molecule has 1 unspecified atom stereocenters. The summed E-state index contributed by atoms with van der Waals surface area (Å²) in [6.45, 7) is 7.69. The fourth-order valence-electron chi connectivity index (χ4n) is 4.83. The first-order chi connectivity index (χ1) is 16.3. The number of rotatable bonds is 4. The van der Waals surface area contributed by atoms with E-state index in [2.05, 4.69) is 30.9 Å². The van der Waals surface area contributed by atoms with Gasteiger partial charge in [0.1, 0.15) is 0 Å². The van der Waals surface area contributed by atoms with Crippen LogP contribution in [-0.2, 0) is 14.8 Å². The monoisotopic (exact) mass is 498 g/mol. The molecule has 2 saturated heterocycles. The van der Waals surface area contributed by atoms with Gasteiger partial charge in [-0.05, 0) is 56.0 Å². The third-order valence-corrected chi connectivity index (χ3v) is 10.0. The van der Waals surface area contributed by atoms with E-state index in [1.54, 1.807) is 41.7 Å². The molecule has 9 heteroatoms. The maximum Gasteiger partial charge on any atom is 0.243 e. The van der Waals surface area contributed by atoms with E-state index in [0.717, 1.165) is 30.2 Å². The number of aryl methyl sites for hydroxylation is 2. The van der Waals surface area contributed by atoms with Crippen molar-refractivity contribution in [1.29, 1.82) is 0 Å². The van der Waals surface area contributed by atoms with Gasteiger partial charge in [0, 0.05) is 39.3 Å². The highest BCUT2D eigenvalue weighted by Crippen LogP contribution is 2.32. The molecule has 2 aliphatic heterocycles. The average Bonchev–Trinajstić information content (AvgIpc) is 3.32. The number of sulfonamides is 1. The summed E-state index contributed by atoms with van der Waals surface area (Å²) in [5, 5.41) is 1.01. The summed E-state index contributed by atoms with van der Waals surface area (Å²) < 4.78 is 28.8. The molecule has 2 fully saturated rings. The van der Waals surface area contributed by atoms with Gasteiger partial charge in [-0.1, -0.05) is 35.6 Å². The number of piperidine rings is 1. The van der Waals surface area contributed by atoms with E-state index in [-0.39, 0.29) is 23.3 Å². The van der Waals surface area contributed by atoms with Gasteiger partial charge in [0.05, 0.1) is 21.0 Å². The highest BCUT2D eigenvalue weighted by molar-refractivity contribution is 7.89. The Morgan fingerprint density at radius 2 is 1.74 bits per heavy atom. The van der Waals surface area contributed by atoms with Crippen LogP contribution >= 0.6 is 11.3 Å². The molecule has 1 amide bonds. The molecule has 0 N–H and O–H groups in total. The van der Waals surface area contributed by atoms with Gasteiger partial charge in [0.25, 0.3) is 0 Å². The van der Waals surface area contributed by atoms with Gasteiger partial charge < -0.3 is 9.80 Å². The zero-order valence-electron chi connectivity index (χ0n) is 19.6. The van der Waals surface area contributed by atoms with Gasteiger partial charge in [-0.15, -0.1) is 0 Å². The molecule has 3 aromatic rings. The van der Waals surface area contributed by atoms with Crippen molar-refractivity contribution in [2.45, 2.75) is 31.6 Å². The molecule has 1 atom stereocenters. The molecule has 5 rings (SSSR count). The lowest BCUT2D eigenvalue weighted by Crippen LogP contribution is -2.53. The molecular weight excluding hydrogens is 468 g/mol. The van der Waals surface area contributed by atoms with Crippen molar-refractivity contribution < 1.29 is 13.2 Å². The average molecular weight is 499 g/mol. The van der Waals surface area contributed by atoms with E-state index in [1.165, 1.54) is 20.1 Å². The topological polar surface area (TPSA) is 73.8 Å². The maximum atomic E-state index is 13.3. The quantitative estimate of drug-likeness (QED) is 0.549. The Kier molecular flexibility index (Phi) is 6.35. The third-order valence-electron chi connectivity index (χ3n) is 7.05. The summed E-state index contributed by atoms with van der Waals surface area (Å²) in [7, 11) is -3.58. The Morgan fingerprint density at radius 1 is 1.00 bits per heavy atom. The number of hydrogen-bond donors (Lipinski definition) is 0. The lowest BCUT2D eigenvalue weighted by molar-refractivity contribution is -0.137. The molecule has 34 heavy (non-hydrogen) atoms. The van der Waals surface area contributed by atoms with Gasteiger partial charge in [-0.25, -0.2) is 13.4 Å². The number of thiazole rings is 1. The summed E-state index contributed by atoms with van der Waals surface area (Å²) in [6, 6.07) is 12.8. The van der Waals surface area contributed by atoms with Crippen molar-refractivity contribution in [2.75, 3.05) is 44.2 Å². The van der Waals surface area contributed by atoms with Gasteiger partial charge in [0.2, 0.25) is 15.9 Å². The fraction of sp³-hybridized carbons (Fsp3) is 0.440. The van der Waals surface area contributed by atoms with Crippen LogP contribution in [0.2, 0.25) is 0 Å². The molecule has 2 aliphatic rings. The number of anilines is 1. The van der Waals surface area contributed by atoms with Crippen molar-refractivity contribution in [3.8, 4) is 0 Å². The van der Waals surface area contributed by atoms with E-state index >= 15 is 0 Å². The number of carbonyl (C=O) groups is 1. The van der Waals surface area contributed by atoms with Crippen LogP contribution in [0, 0.1) is 19.8 Å². The number of aromatic nitrogens is 1. The van der Waals surface area contributed by atoms with Crippen molar-refractivity contribution in [3.05, 3.63) is 53.6 Å².